The van der Waals surface area contributed by atoms with Crippen LogP contribution in [0, 0.1) is 22.2 Å². The molecule has 4 saturated carbocycles. The number of Topliss-reactive ketones (excluding diaryl/α,β-unsaturated/α-hetero) is 1. The minimum absolute atomic E-state index is 0.101. The highest BCUT2D eigenvalue weighted by molar-refractivity contribution is 5.99. The molecule has 114 valence electrons. The van der Waals surface area contributed by atoms with Crippen molar-refractivity contribution in [1.29, 1.82) is 0 Å². The number of carbonyl (C=O) groups excluding carboxylic acids is 1. The maximum atomic E-state index is 13.4. The van der Waals surface area contributed by atoms with Gasteiger partial charge in [-0.15, -0.1) is 0 Å². The second kappa shape index (κ2) is 3.99. The lowest BCUT2D eigenvalue weighted by molar-refractivity contribution is -0.125. The van der Waals surface area contributed by atoms with E-state index >= 15 is 0 Å². The summed E-state index contributed by atoms with van der Waals surface area (Å²) in [6, 6.07) is 1.93. The normalized spacial score (nSPS) is 44.2. The first-order chi connectivity index (χ1) is 9.87. The highest BCUT2D eigenvalue weighted by Crippen LogP contribution is 2.70. The molecule has 4 bridgehead atoms. The monoisotopic (exact) mass is 286 g/mol. The zero-order valence-electron chi connectivity index (χ0n) is 13.5. The molecule has 0 aromatic carbocycles. The van der Waals surface area contributed by atoms with Gasteiger partial charge in [0.25, 0.3) is 0 Å². The molecule has 1 aromatic heterocycles. The number of hydrogen-bond acceptors (Lipinski definition) is 2. The van der Waals surface area contributed by atoms with Crippen molar-refractivity contribution >= 4 is 5.78 Å². The van der Waals surface area contributed by atoms with E-state index in [1.807, 2.05) is 10.7 Å². The average molecular weight is 286 g/mol. The van der Waals surface area contributed by atoms with Gasteiger partial charge < -0.3 is 0 Å². The lowest BCUT2D eigenvalue weighted by Crippen LogP contribution is -2.57. The molecule has 0 amide bonds. The molecular formula is C18H26N2O. The highest BCUT2D eigenvalue weighted by atomic mass is 16.1. The van der Waals surface area contributed by atoms with E-state index in [4.69, 9.17) is 0 Å². The van der Waals surface area contributed by atoms with Crippen molar-refractivity contribution in [2.24, 2.45) is 22.2 Å². The molecule has 0 aliphatic heterocycles. The fourth-order valence-electron chi connectivity index (χ4n) is 6.75. The maximum Gasteiger partial charge on any atom is 0.187 e. The molecule has 5 rings (SSSR count). The van der Waals surface area contributed by atoms with Gasteiger partial charge in [0.15, 0.2) is 5.78 Å². The predicted molar refractivity (Wildman–Crippen MR) is 82.1 cm³/mol. The second-order valence-corrected chi connectivity index (χ2v) is 8.77. The number of rotatable bonds is 3. The van der Waals surface area contributed by atoms with Crippen LogP contribution in [0.4, 0.5) is 0 Å². The van der Waals surface area contributed by atoms with Crippen molar-refractivity contribution in [3.8, 4) is 0 Å². The number of aryl methyl sites for hydroxylation is 1. The Morgan fingerprint density at radius 1 is 1.24 bits per heavy atom. The largest absolute Gasteiger partial charge is 0.292 e. The molecule has 3 heteroatoms. The van der Waals surface area contributed by atoms with Crippen molar-refractivity contribution in [3.05, 3.63) is 18.0 Å². The van der Waals surface area contributed by atoms with Crippen molar-refractivity contribution in [2.45, 2.75) is 65.8 Å². The second-order valence-electron chi connectivity index (χ2n) is 8.77. The highest BCUT2D eigenvalue weighted by Gasteiger charge is 2.62. The van der Waals surface area contributed by atoms with Gasteiger partial charge in [0.2, 0.25) is 0 Å². The third kappa shape index (κ3) is 1.85. The summed E-state index contributed by atoms with van der Waals surface area (Å²) >= 11 is 0. The fraction of sp³-hybridized carbons (Fsp3) is 0.778. The van der Waals surface area contributed by atoms with Gasteiger partial charge in [-0.1, -0.05) is 13.8 Å². The van der Waals surface area contributed by atoms with E-state index in [0.717, 1.165) is 37.4 Å². The van der Waals surface area contributed by atoms with E-state index in [1.165, 1.54) is 19.3 Å². The molecule has 2 unspecified atom stereocenters. The zero-order valence-corrected chi connectivity index (χ0v) is 13.5. The van der Waals surface area contributed by atoms with Gasteiger partial charge >= 0.3 is 0 Å². The van der Waals surface area contributed by atoms with Crippen LogP contribution in [-0.4, -0.2) is 15.6 Å². The first kappa shape index (κ1) is 13.5. The van der Waals surface area contributed by atoms with Crippen LogP contribution in [0.2, 0.25) is 0 Å². The minimum Gasteiger partial charge on any atom is -0.292 e. The fourth-order valence-corrected chi connectivity index (χ4v) is 6.75. The van der Waals surface area contributed by atoms with Crippen LogP contribution >= 0.6 is 0 Å². The smallest absolute Gasteiger partial charge is 0.187 e. The topological polar surface area (TPSA) is 34.9 Å². The quantitative estimate of drug-likeness (QED) is 0.785. The summed E-state index contributed by atoms with van der Waals surface area (Å²) in [5, 5.41) is 4.31. The summed E-state index contributed by atoms with van der Waals surface area (Å²) in [6.45, 7) is 7.69. The molecule has 4 aliphatic carbocycles. The number of nitrogens with zero attached hydrogens (tertiary/aromatic N) is 2. The Kier molecular flexibility index (Phi) is 2.57. The van der Waals surface area contributed by atoms with E-state index in [0.29, 0.717) is 16.6 Å². The molecular weight excluding hydrogens is 260 g/mol. The summed E-state index contributed by atoms with van der Waals surface area (Å²) in [6.07, 6.45) is 9.08. The lowest BCUT2D eigenvalue weighted by atomic mass is 9.39. The molecule has 1 heterocycles. The van der Waals surface area contributed by atoms with Gasteiger partial charge in [-0.2, -0.15) is 5.10 Å². The summed E-state index contributed by atoms with van der Waals surface area (Å²) in [5.74, 6) is 1.14. The number of aromatic nitrogens is 2. The van der Waals surface area contributed by atoms with Crippen LogP contribution in [0.15, 0.2) is 12.3 Å². The Morgan fingerprint density at radius 2 is 1.90 bits per heavy atom. The van der Waals surface area contributed by atoms with E-state index in [1.54, 1.807) is 6.20 Å². The predicted octanol–water partition coefficient (Wildman–Crippen LogP) is 4.08. The van der Waals surface area contributed by atoms with Crippen LogP contribution in [0.5, 0.6) is 0 Å². The van der Waals surface area contributed by atoms with Gasteiger partial charge in [-0.05, 0) is 68.3 Å². The van der Waals surface area contributed by atoms with Crippen LogP contribution in [-0.2, 0) is 6.54 Å². The molecule has 0 saturated heterocycles. The van der Waals surface area contributed by atoms with E-state index in [-0.39, 0.29) is 5.41 Å². The summed E-state index contributed by atoms with van der Waals surface area (Å²) in [4.78, 5) is 13.4. The first-order valence-electron chi connectivity index (χ1n) is 8.44. The van der Waals surface area contributed by atoms with Gasteiger partial charge in [0.05, 0.1) is 0 Å². The van der Waals surface area contributed by atoms with Crippen molar-refractivity contribution < 1.29 is 4.79 Å². The van der Waals surface area contributed by atoms with Gasteiger partial charge in [-0.3, -0.25) is 9.48 Å². The third-order valence-electron chi connectivity index (χ3n) is 6.36. The Balaban J connectivity index is 1.76. The molecule has 0 N–H and O–H groups in total. The van der Waals surface area contributed by atoms with Crippen LogP contribution < -0.4 is 0 Å². The van der Waals surface area contributed by atoms with Crippen molar-refractivity contribution in [2.75, 3.05) is 0 Å². The molecule has 4 aliphatic rings. The van der Waals surface area contributed by atoms with E-state index in [9.17, 15) is 4.79 Å². The molecule has 0 radical (unpaired) electrons. The minimum atomic E-state index is -0.101. The number of ketones is 1. The van der Waals surface area contributed by atoms with Crippen LogP contribution in [0.25, 0.3) is 0 Å². The van der Waals surface area contributed by atoms with Crippen LogP contribution in [0.3, 0.4) is 0 Å². The molecule has 2 atom stereocenters. The first-order valence-corrected chi connectivity index (χ1v) is 8.44. The van der Waals surface area contributed by atoms with Gasteiger partial charge in [0, 0.05) is 18.2 Å². The number of hydrogen-bond donors (Lipinski definition) is 0. The molecule has 0 spiro atoms. The average Bonchev–Trinajstić information content (AvgIpc) is 2.81. The third-order valence-corrected chi connectivity index (χ3v) is 6.36. The molecule has 21 heavy (non-hydrogen) atoms. The van der Waals surface area contributed by atoms with E-state index in [2.05, 4.69) is 25.9 Å². The van der Waals surface area contributed by atoms with Gasteiger partial charge in [0.1, 0.15) is 5.69 Å². The Hall–Kier alpha value is -1.12. The van der Waals surface area contributed by atoms with Gasteiger partial charge in [-0.25, -0.2) is 0 Å². The SMILES string of the molecule is CCn1nccc1C(=O)C12CC3CC(C)(CC(C)(C3)C1)C2. The molecule has 1 aromatic rings. The zero-order chi connectivity index (χ0) is 14.9. The summed E-state index contributed by atoms with van der Waals surface area (Å²) in [7, 11) is 0. The lowest BCUT2D eigenvalue weighted by Gasteiger charge is -2.64. The Bertz CT molecular complexity index is 584. The Morgan fingerprint density at radius 3 is 2.48 bits per heavy atom. The standard InChI is InChI=1S/C18H26N2O/c1-4-20-14(5-6-19-20)15(21)18-9-13-7-16(2,11-18)10-17(3,8-13)12-18/h5-6,13H,4,7-12H2,1-3H3. The Labute approximate surface area is 127 Å². The van der Waals surface area contributed by atoms with E-state index < -0.39 is 0 Å². The maximum absolute atomic E-state index is 13.4. The molecule has 4 fully saturated rings. The van der Waals surface area contributed by atoms with Crippen molar-refractivity contribution in [3.63, 3.8) is 0 Å². The number of carbonyl (C=O) groups is 1. The van der Waals surface area contributed by atoms with Crippen molar-refractivity contribution in [1.82, 2.24) is 9.78 Å². The summed E-state index contributed by atoms with van der Waals surface area (Å²) in [5.41, 5.74) is 1.52. The molecule has 3 nitrogen and oxygen atoms in total. The van der Waals surface area contributed by atoms with Crippen LogP contribution in [0.1, 0.15) is 69.8 Å². The summed E-state index contributed by atoms with van der Waals surface area (Å²) < 4.78 is 1.88.